The van der Waals surface area contributed by atoms with Crippen molar-refractivity contribution in [1.29, 1.82) is 0 Å². The van der Waals surface area contributed by atoms with Gasteiger partial charge in [0.1, 0.15) is 17.3 Å². The van der Waals surface area contributed by atoms with Crippen LogP contribution in [0.25, 0.3) is 0 Å². The highest BCUT2D eigenvalue weighted by atomic mass is 32.2. The number of carbonyl (C=O) groups is 2. The molecule has 2 unspecified atom stereocenters. The van der Waals surface area contributed by atoms with Crippen LogP contribution < -0.4 is 4.74 Å². The summed E-state index contributed by atoms with van der Waals surface area (Å²) in [5, 5.41) is 10.3. The van der Waals surface area contributed by atoms with Crippen LogP contribution in [0.2, 0.25) is 0 Å². The second-order valence-corrected chi connectivity index (χ2v) is 10.4. The van der Waals surface area contributed by atoms with Crippen LogP contribution in [0.5, 0.6) is 11.5 Å². The SMILES string of the molecule is CCOC(=O)/C=C/N(C1(C(=O)O)CC2CCC(C1)O2)S(=O)(=O)c1ccc(Oc2ccc(F)cc2)cc1. The summed E-state index contributed by atoms with van der Waals surface area (Å²) in [6, 6.07) is 10.7. The lowest BCUT2D eigenvalue weighted by Crippen LogP contribution is -2.59. The number of carboxylic acids is 1. The Morgan fingerprint density at radius 1 is 1.08 bits per heavy atom. The molecular formula is C25H26FNO8S. The number of sulfonamides is 1. The fourth-order valence-electron chi connectivity index (χ4n) is 4.57. The molecule has 9 nitrogen and oxygen atoms in total. The second-order valence-electron chi connectivity index (χ2n) is 8.60. The van der Waals surface area contributed by atoms with Gasteiger partial charge in [-0.1, -0.05) is 0 Å². The highest BCUT2D eigenvalue weighted by Crippen LogP contribution is 2.44. The Morgan fingerprint density at radius 3 is 2.17 bits per heavy atom. The van der Waals surface area contributed by atoms with Crippen molar-refractivity contribution < 1.29 is 41.7 Å². The van der Waals surface area contributed by atoms with E-state index in [1.54, 1.807) is 6.92 Å². The van der Waals surface area contributed by atoms with Gasteiger partial charge in [-0.15, -0.1) is 0 Å². The maximum absolute atomic E-state index is 13.8. The number of carbonyl (C=O) groups excluding carboxylic acids is 1. The molecule has 0 amide bonds. The van der Waals surface area contributed by atoms with Crippen molar-refractivity contribution in [2.75, 3.05) is 6.61 Å². The van der Waals surface area contributed by atoms with E-state index in [-0.39, 0.29) is 24.3 Å². The number of hydrogen-bond acceptors (Lipinski definition) is 7. The Kier molecular flexibility index (Phi) is 7.32. The maximum atomic E-state index is 13.8. The van der Waals surface area contributed by atoms with Gasteiger partial charge in [-0.3, -0.25) is 4.31 Å². The zero-order valence-electron chi connectivity index (χ0n) is 19.5. The molecule has 0 aromatic heterocycles. The van der Waals surface area contributed by atoms with Crippen molar-refractivity contribution in [3.8, 4) is 11.5 Å². The average molecular weight is 520 g/mol. The minimum atomic E-state index is -4.43. The summed E-state index contributed by atoms with van der Waals surface area (Å²) >= 11 is 0. The molecule has 2 atom stereocenters. The molecule has 2 aliphatic rings. The summed E-state index contributed by atoms with van der Waals surface area (Å²) in [4.78, 5) is 24.4. The smallest absolute Gasteiger partial charge is 0.332 e. The molecule has 36 heavy (non-hydrogen) atoms. The molecule has 2 heterocycles. The number of ether oxygens (including phenoxy) is 3. The molecule has 2 aliphatic heterocycles. The van der Waals surface area contributed by atoms with Gasteiger partial charge in [0, 0.05) is 25.1 Å². The molecule has 2 bridgehead atoms. The third-order valence-corrected chi connectivity index (χ3v) is 8.07. The first-order valence-corrected chi connectivity index (χ1v) is 12.9. The number of carboxylic acid groups (broad SMARTS) is 1. The lowest BCUT2D eigenvalue weighted by Gasteiger charge is -2.43. The van der Waals surface area contributed by atoms with E-state index in [0.717, 1.165) is 16.6 Å². The van der Waals surface area contributed by atoms with Gasteiger partial charge in [0.15, 0.2) is 5.54 Å². The Bertz CT molecular complexity index is 1230. The van der Waals surface area contributed by atoms with Crippen LogP contribution in [0.3, 0.4) is 0 Å². The number of esters is 1. The van der Waals surface area contributed by atoms with E-state index in [9.17, 15) is 27.5 Å². The predicted octanol–water partition coefficient (Wildman–Crippen LogP) is 3.85. The Morgan fingerprint density at radius 2 is 1.64 bits per heavy atom. The largest absolute Gasteiger partial charge is 0.479 e. The highest BCUT2D eigenvalue weighted by Gasteiger charge is 2.56. The van der Waals surface area contributed by atoms with E-state index in [2.05, 4.69) is 0 Å². The van der Waals surface area contributed by atoms with Crippen LogP contribution in [0, 0.1) is 5.82 Å². The standard InChI is InChI=1S/C25H26FNO8S/c1-2-33-23(28)13-14-27(25(24(29)30)15-20-7-8-21(16-25)35-20)36(31,32)22-11-9-19(10-12-22)34-18-5-3-17(26)4-6-18/h3-6,9-14,20-21H,2,7-8,15-16H2,1H3,(H,29,30)/b14-13+. The monoisotopic (exact) mass is 519 g/mol. The zero-order chi connectivity index (χ0) is 25.9. The van der Waals surface area contributed by atoms with Gasteiger partial charge in [0.05, 0.1) is 23.7 Å². The van der Waals surface area contributed by atoms with Gasteiger partial charge in [0.2, 0.25) is 0 Å². The van der Waals surface area contributed by atoms with Crippen molar-refractivity contribution in [1.82, 2.24) is 4.31 Å². The van der Waals surface area contributed by atoms with E-state index >= 15 is 0 Å². The fraction of sp³-hybridized carbons (Fsp3) is 0.360. The first kappa shape index (κ1) is 25.6. The van der Waals surface area contributed by atoms with Crippen LogP contribution in [-0.2, 0) is 29.1 Å². The number of hydrogen-bond donors (Lipinski definition) is 1. The molecular weight excluding hydrogens is 493 g/mol. The zero-order valence-corrected chi connectivity index (χ0v) is 20.3. The molecule has 2 aromatic carbocycles. The number of halogens is 1. The molecule has 0 aliphatic carbocycles. The molecule has 0 radical (unpaired) electrons. The first-order chi connectivity index (χ1) is 17.1. The first-order valence-electron chi connectivity index (χ1n) is 11.5. The Labute approximate surface area is 208 Å². The van der Waals surface area contributed by atoms with E-state index < -0.39 is 45.5 Å². The number of nitrogens with zero attached hydrogens (tertiary/aromatic N) is 1. The molecule has 0 spiro atoms. The van der Waals surface area contributed by atoms with Gasteiger partial charge < -0.3 is 19.3 Å². The van der Waals surface area contributed by atoms with Gasteiger partial charge in [-0.05, 0) is 68.3 Å². The normalized spacial score (nSPS) is 23.4. The molecule has 11 heteroatoms. The van der Waals surface area contributed by atoms with E-state index in [4.69, 9.17) is 14.2 Å². The summed E-state index contributed by atoms with van der Waals surface area (Å²) in [6.45, 7) is 1.68. The van der Waals surface area contributed by atoms with E-state index in [0.29, 0.717) is 24.3 Å². The number of rotatable bonds is 9. The fourth-order valence-corrected chi connectivity index (χ4v) is 6.19. The van der Waals surface area contributed by atoms with E-state index in [1.165, 1.54) is 48.5 Å². The Hall–Kier alpha value is -3.44. The molecule has 192 valence electrons. The van der Waals surface area contributed by atoms with Crippen LogP contribution in [0.4, 0.5) is 4.39 Å². The molecule has 4 rings (SSSR count). The maximum Gasteiger partial charge on any atom is 0.332 e. The molecule has 2 saturated heterocycles. The van der Waals surface area contributed by atoms with Crippen LogP contribution in [-0.4, -0.2) is 54.1 Å². The quantitative estimate of drug-likeness (QED) is 0.392. The highest BCUT2D eigenvalue weighted by molar-refractivity contribution is 7.89. The summed E-state index contributed by atoms with van der Waals surface area (Å²) in [5.41, 5.74) is -1.84. The van der Waals surface area contributed by atoms with Gasteiger partial charge in [0.25, 0.3) is 10.0 Å². The van der Waals surface area contributed by atoms with Gasteiger partial charge >= 0.3 is 11.9 Å². The van der Waals surface area contributed by atoms with E-state index in [1.807, 2.05) is 0 Å². The van der Waals surface area contributed by atoms with Gasteiger partial charge in [-0.25, -0.2) is 22.4 Å². The molecule has 0 saturated carbocycles. The molecule has 2 aromatic rings. The second kappa shape index (κ2) is 10.3. The predicted molar refractivity (Wildman–Crippen MR) is 125 cm³/mol. The molecule has 1 N–H and O–H groups in total. The Balaban J connectivity index is 1.69. The summed E-state index contributed by atoms with van der Waals surface area (Å²) in [5.74, 6) is -1.89. The summed E-state index contributed by atoms with van der Waals surface area (Å²) in [7, 11) is -4.43. The molecule has 2 fully saturated rings. The number of benzene rings is 2. The van der Waals surface area contributed by atoms with Crippen molar-refractivity contribution in [3.05, 3.63) is 66.6 Å². The third kappa shape index (κ3) is 5.21. The minimum Gasteiger partial charge on any atom is -0.479 e. The van der Waals surface area contributed by atoms with Crippen molar-refractivity contribution in [3.63, 3.8) is 0 Å². The van der Waals surface area contributed by atoms with Crippen molar-refractivity contribution >= 4 is 22.0 Å². The van der Waals surface area contributed by atoms with Crippen LogP contribution >= 0.6 is 0 Å². The lowest BCUT2D eigenvalue weighted by atomic mass is 9.86. The average Bonchev–Trinajstić information content (AvgIpc) is 3.19. The topological polar surface area (TPSA) is 119 Å². The van der Waals surface area contributed by atoms with Crippen LogP contribution in [0.1, 0.15) is 32.6 Å². The third-order valence-electron chi connectivity index (χ3n) is 6.21. The van der Waals surface area contributed by atoms with Crippen molar-refractivity contribution in [2.24, 2.45) is 0 Å². The number of fused-ring (bicyclic) bond motifs is 2. The summed E-state index contributed by atoms with van der Waals surface area (Å²) < 4.78 is 57.7. The van der Waals surface area contributed by atoms with Crippen LogP contribution in [0.15, 0.2) is 65.7 Å². The van der Waals surface area contributed by atoms with Gasteiger partial charge in [-0.2, -0.15) is 0 Å². The van der Waals surface area contributed by atoms with Crippen molar-refractivity contribution in [2.45, 2.75) is 55.2 Å². The summed E-state index contributed by atoms with van der Waals surface area (Å²) in [6.07, 6.45) is 2.22. The minimum absolute atomic E-state index is 0.0585. The lowest BCUT2D eigenvalue weighted by molar-refractivity contribution is -0.157. The number of aliphatic carboxylic acids is 1.